The van der Waals surface area contributed by atoms with Gasteiger partial charge in [0.1, 0.15) is 0 Å². The monoisotopic (exact) mass is 933 g/mol. The van der Waals surface area contributed by atoms with E-state index >= 15 is 0 Å². The second-order valence-corrected chi connectivity index (χ2v) is 23.6. The molecule has 0 bridgehead atoms. The van der Waals surface area contributed by atoms with Crippen LogP contribution in [0.25, 0.3) is 76.8 Å². The van der Waals surface area contributed by atoms with E-state index in [1.807, 2.05) is 0 Å². The van der Waals surface area contributed by atoms with Crippen LogP contribution in [0.15, 0.2) is 194 Å². The summed E-state index contributed by atoms with van der Waals surface area (Å²) in [6.45, 7) is 15.2. The number of para-hydroxylation sites is 2. The Balaban J connectivity index is 1.03. The molecule has 2 heterocycles. The number of nitrogens with zero attached hydrogens (tertiary/aromatic N) is 2. The Kier molecular flexibility index (Phi) is 9.49. The predicted octanol–water partition coefficient (Wildman–Crippen LogP) is 19.7. The van der Waals surface area contributed by atoms with Gasteiger partial charge in [-0.15, -0.1) is 0 Å². The molecule has 0 spiro atoms. The van der Waals surface area contributed by atoms with Crippen LogP contribution in [0.4, 0.5) is 22.7 Å². The Morgan fingerprint density at radius 2 is 0.681 bits per heavy atom. The lowest BCUT2D eigenvalue weighted by atomic mass is 9.58. The van der Waals surface area contributed by atoms with Gasteiger partial charge in [0.2, 0.25) is 0 Å². The van der Waals surface area contributed by atoms with Crippen molar-refractivity contribution in [1.29, 1.82) is 0 Å². The van der Waals surface area contributed by atoms with Crippen molar-refractivity contribution in [2.24, 2.45) is 10.8 Å². The molecule has 72 heavy (non-hydrogen) atoms. The van der Waals surface area contributed by atoms with E-state index in [0.29, 0.717) is 11.8 Å². The fraction of sp³-hybridized carbons (Fsp3) is 0.257. The van der Waals surface area contributed by atoms with E-state index in [1.54, 1.807) is 0 Å². The minimum absolute atomic E-state index is 0.0567. The average molecular weight is 933 g/mol. The summed E-state index contributed by atoms with van der Waals surface area (Å²) in [4.78, 5) is 5.44. The fourth-order valence-corrected chi connectivity index (χ4v) is 15.4. The highest BCUT2D eigenvalue weighted by Gasteiger charge is 2.60. The smallest absolute Gasteiger partial charge is 0.0543 e. The minimum atomic E-state index is -0.0567. The molecular weight excluding hydrogens is 869 g/mol. The number of hydrogen-bond donors (Lipinski definition) is 0. The lowest BCUT2D eigenvalue weighted by Gasteiger charge is -2.55. The third-order valence-electron chi connectivity index (χ3n) is 19.6. The van der Waals surface area contributed by atoms with Gasteiger partial charge in [-0.1, -0.05) is 174 Å². The van der Waals surface area contributed by atoms with Crippen molar-refractivity contribution in [3.63, 3.8) is 0 Å². The standard InChI is InChI=1S/C70H64N2/c1-67(2)39-19-29-61-59-41-47(31-37-63(59)71(69(61,67)5)49-25-15-9-16-26-49)57-43-55(45-21-11-7-12-22-45)51-34-36-54-58(44-56(46-23-13-8-14-24-46)52-33-35-53(57)65(51)66(52)54)48-32-38-64-60(42-48)62-30-20-40-68(3,4)70(62,6)72(64)50-27-17-10-18-28-50/h7-18,21-28,31-38,41-44,61-62H,19-20,29-30,39-40H2,1-6H3. The van der Waals surface area contributed by atoms with Crippen molar-refractivity contribution in [3.05, 3.63) is 205 Å². The maximum absolute atomic E-state index is 2.72. The van der Waals surface area contributed by atoms with Crippen LogP contribution in [0.3, 0.4) is 0 Å². The molecule has 0 N–H and O–H groups in total. The van der Waals surface area contributed by atoms with Crippen molar-refractivity contribution in [3.8, 4) is 44.5 Å². The van der Waals surface area contributed by atoms with Crippen molar-refractivity contribution in [2.45, 2.75) is 103 Å². The number of anilines is 4. The van der Waals surface area contributed by atoms with Gasteiger partial charge in [0.15, 0.2) is 0 Å². The molecule has 4 unspecified atom stereocenters. The third-order valence-corrected chi connectivity index (χ3v) is 19.6. The predicted molar refractivity (Wildman–Crippen MR) is 307 cm³/mol. The number of fused-ring (bicyclic) bond motifs is 6. The minimum Gasteiger partial charge on any atom is -0.334 e. The maximum atomic E-state index is 2.72. The highest BCUT2D eigenvalue weighted by molar-refractivity contribution is 6.32. The molecule has 2 nitrogen and oxygen atoms in total. The molecule has 2 saturated carbocycles. The summed E-state index contributed by atoms with van der Waals surface area (Å²) in [6.07, 6.45) is 7.34. The first-order valence-corrected chi connectivity index (χ1v) is 26.9. The molecule has 4 atom stereocenters. The summed E-state index contributed by atoms with van der Waals surface area (Å²) in [5.41, 5.74) is 18.7. The highest BCUT2D eigenvalue weighted by atomic mass is 15.3. The van der Waals surface area contributed by atoms with Gasteiger partial charge in [0.25, 0.3) is 0 Å². The van der Waals surface area contributed by atoms with Crippen molar-refractivity contribution < 1.29 is 0 Å². The molecule has 354 valence electrons. The van der Waals surface area contributed by atoms with Gasteiger partial charge >= 0.3 is 0 Å². The summed E-state index contributed by atoms with van der Waals surface area (Å²) in [6, 6.07) is 74.5. The SMILES string of the molecule is CC1(C)CCCC2c3cc(-c4cc(-c5ccccc5)c5ccc6c(-c7ccc8c(c7)C7CCCC(C)(C)C7(C)N8c7ccccc7)cc(-c7ccccc7)c7ccc4c5c76)ccc3N(c3ccccc3)C21C. The molecule has 4 aliphatic rings. The Hall–Kier alpha value is -7.16. The molecule has 2 aliphatic carbocycles. The van der Waals surface area contributed by atoms with Crippen LogP contribution in [0, 0.1) is 10.8 Å². The van der Waals surface area contributed by atoms with E-state index in [9.17, 15) is 0 Å². The van der Waals surface area contributed by atoms with Gasteiger partial charge in [-0.25, -0.2) is 0 Å². The van der Waals surface area contributed by atoms with Crippen molar-refractivity contribution in [1.82, 2.24) is 0 Å². The number of rotatable bonds is 6. The molecule has 0 amide bonds. The molecule has 2 aliphatic heterocycles. The lowest BCUT2D eigenvalue weighted by molar-refractivity contribution is 0.101. The molecule has 10 aromatic carbocycles. The topological polar surface area (TPSA) is 6.48 Å². The van der Waals surface area contributed by atoms with Gasteiger partial charge in [0, 0.05) is 34.6 Å². The van der Waals surface area contributed by atoms with Gasteiger partial charge in [-0.2, -0.15) is 0 Å². The summed E-state index contributed by atoms with van der Waals surface area (Å²) in [5, 5.41) is 7.95. The zero-order valence-electron chi connectivity index (χ0n) is 42.8. The third kappa shape index (κ3) is 5.96. The number of hydrogen-bond acceptors (Lipinski definition) is 2. The first-order valence-electron chi connectivity index (χ1n) is 26.9. The first kappa shape index (κ1) is 43.6. The average Bonchev–Trinajstić information content (AvgIpc) is 3.84. The number of benzene rings is 10. The largest absolute Gasteiger partial charge is 0.334 e. The van der Waals surface area contributed by atoms with Crippen LogP contribution < -0.4 is 9.80 Å². The molecule has 14 rings (SSSR count). The van der Waals surface area contributed by atoms with Gasteiger partial charge in [-0.3, -0.25) is 0 Å². The van der Waals surface area contributed by atoms with Gasteiger partial charge in [0.05, 0.1) is 11.1 Å². The molecule has 10 aromatic rings. The van der Waals surface area contributed by atoms with Gasteiger partial charge < -0.3 is 9.80 Å². The fourth-order valence-electron chi connectivity index (χ4n) is 15.4. The molecule has 0 saturated heterocycles. The molecule has 0 radical (unpaired) electrons. The van der Waals surface area contributed by atoms with Crippen LogP contribution in [-0.2, 0) is 0 Å². The second kappa shape index (κ2) is 15.7. The zero-order valence-corrected chi connectivity index (χ0v) is 42.8. The zero-order chi connectivity index (χ0) is 48.7. The Bertz CT molecular complexity index is 3490. The van der Waals surface area contributed by atoms with Gasteiger partial charge in [-0.05, 0) is 199 Å². The molecule has 2 heteroatoms. The van der Waals surface area contributed by atoms with E-state index in [4.69, 9.17) is 0 Å². The lowest BCUT2D eigenvalue weighted by Crippen LogP contribution is -2.56. The maximum Gasteiger partial charge on any atom is 0.0543 e. The van der Waals surface area contributed by atoms with E-state index in [0.717, 1.165) is 0 Å². The summed E-state index contributed by atoms with van der Waals surface area (Å²) < 4.78 is 0. The van der Waals surface area contributed by atoms with Crippen molar-refractivity contribution >= 4 is 55.1 Å². The van der Waals surface area contributed by atoms with Crippen LogP contribution in [0.2, 0.25) is 0 Å². The Morgan fingerprint density at radius 1 is 0.347 bits per heavy atom. The highest BCUT2D eigenvalue weighted by Crippen LogP contribution is 2.66. The normalized spacial score (nSPS) is 22.8. The van der Waals surface area contributed by atoms with Crippen LogP contribution >= 0.6 is 0 Å². The Labute approximate surface area is 426 Å². The Morgan fingerprint density at radius 3 is 1.04 bits per heavy atom. The molecule has 2 fully saturated rings. The van der Waals surface area contributed by atoms with Crippen molar-refractivity contribution in [2.75, 3.05) is 9.80 Å². The van der Waals surface area contributed by atoms with Crippen LogP contribution in [-0.4, -0.2) is 11.1 Å². The van der Waals surface area contributed by atoms with Crippen LogP contribution in [0.5, 0.6) is 0 Å². The molecule has 0 aromatic heterocycles. The summed E-state index contributed by atoms with van der Waals surface area (Å²) in [5.74, 6) is 0.843. The second-order valence-electron chi connectivity index (χ2n) is 23.6. The summed E-state index contributed by atoms with van der Waals surface area (Å²) in [7, 11) is 0. The van der Waals surface area contributed by atoms with E-state index in [1.165, 1.54) is 149 Å². The van der Waals surface area contributed by atoms with E-state index < -0.39 is 0 Å². The van der Waals surface area contributed by atoms with E-state index in [-0.39, 0.29) is 21.9 Å². The first-order chi connectivity index (χ1) is 35.0. The van der Waals surface area contributed by atoms with E-state index in [2.05, 4.69) is 245 Å². The summed E-state index contributed by atoms with van der Waals surface area (Å²) >= 11 is 0. The quantitative estimate of drug-likeness (QED) is 0.153. The van der Waals surface area contributed by atoms with Crippen LogP contribution in [0.1, 0.15) is 103 Å². The molecular formula is C70H64N2.